The van der Waals surface area contributed by atoms with Crippen LogP contribution in [0.15, 0.2) is 0 Å². The molecule has 1 unspecified atom stereocenters. The van der Waals surface area contributed by atoms with Crippen molar-refractivity contribution in [2.75, 3.05) is 26.8 Å². The molecule has 0 aliphatic heterocycles. The lowest BCUT2D eigenvalue weighted by Gasteiger charge is -2.32. The van der Waals surface area contributed by atoms with E-state index < -0.39 is 0 Å². The Balaban J connectivity index is 2.00. The molecule has 2 fully saturated rings. The number of hydrogen-bond donors (Lipinski definition) is 1. The zero-order valence-electron chi connectivity index (χ0n) is 10.9. The summed E-state index contributed by atoms with van der Waals surface area (Å²) in [4.78, 5) is 14.5. The van der Waals surface area contributed by atoms with Gasteiger partial charge in [-0.1, -0.05) is 0 Å². The third-order valence-corrected chi connectivity index (χ3v) is 4.29. The van der Waals surface area contributed by atoms with Crippen LogP contribution in [0.4, 0.5) is 0 Å². The summed E-state index contributed by atoms with van der Waals surface area (Å²) in [6, 6.07) is 0.349. The third-order valence-electron chi connectivity index (χ3n) is 4.29. The van der Waals surface area contributed by atoms with Gasteiger partial charge in [-0.25, -0.2) is 0 Å². The van der Waals surface area contributed by atoms with Gasteiger partial charge in [-0.2, -0.15) is 0 Å². The molecule has 1 atom stereocenters. The minimum atomic E-state index is -0.225. The van der Waals surface area contributed by atoms with Gasteiger partial charge in [0.15, 0.2) is 0 Å². The van der Waals surface area contributed by atoms with Crippen molar-refractivity contribution < 1.29 is 9.53 Å². The van der Waals surface area contributed by atoms with Crippen molar-refractivity contribution in [2.24, 2.45) is 17.1 Å². The van der Waals surface area contributed by atoms with E-state index in [1.165, 1.54) is 12.8 Å². The quantitative estimate of drug-likeness (QED) is 0.722. The fraction of sp³-hybridized carbons (Fsp3) is 0.923. The highest BCUT2D eigenvalue weighted by Crippen LogP contribution is 2.47. The normalized spacial score (nSPS) is 23.2. The molecule has 98 valence electrons. The molecular formula is C13H24N2O2. The first-order chi connectivity index (χ1) is 8.14. The van der Waals surface area contributed by atoms with E-state index in [9.17, 15) is 4.79 Å². The van der Waals surface area contributed by atoms with Gasteiger partial charge in [-0.15, -0.1) is 0 Å². The molecule has 2 saturated carbocycles. The second-order valence-corrected chi connectivity index (χ2v) is 5.55. The van der Waals surface area contributed by atoms with Gasteiger partial charge in [0, 0.05) is 26.2 Å². The Morgan fingerprint density at radius 2 is 2.18 bits per heavy atom. The Morgan fingerprint density at radius 1 is 1.53 bits per heavy atom. The van der Waals surface area contributed by atoms with Crippen molar-refractivity contribution in [3.8, 4) is 0 Å². The summed E-state index contributed by atoms with van der Waals surface area (Å²) >= 11 is 0. The van der Waals surface area contributed by atoms with Crippen LogP contribution in [0, 0.1) is 11.3 Å². The highest BCUT2D eigenvalue weighted by molar-refractivity contribution is 5.86. The van der Waals surface area contributed by atoms with Gasteiger partial charge in [0.05, 0.1) is 12.0 Å². The molecule has 0 heterocycles. The van der Waals surface area contributed by atoms with E-state index in [0.717, 1.165) is 12.8 Å². The molecule has 1 amide bonds. The third kappa shape index (κ3) is 2.63. The van der Waals surface area contributed by atoms with E-state index in [1.807, 2.05) is 4.90 Å². The van der Waals surface area contributed by atoms with E-state index in [-0.39, 0.29) is 11.3 Å². The van der Waals surface area contributed by atoms with Crippen LogP contribution in [-0.4, -0.2) is 43.7 Å². The number of nitrogens with zero attached hydrogens (tertiary/aromatic N) is 1. The van der Waals surface area contributed by atoms with Crippen LogP contribution in [-0.2, 0) is 9.53 Å². The Hall–Kier alpha value is -0.610. The molecule has 0 saturated heterocycles. The van der Waals surface area contributed by atoms with Crippen LogP contribution in [0.3, 0.4) is 0 Å². The molecule has 4 nitrogen and oxygen atoms in total. The molecule has 0 bridgehead atoms. The Bertz CT molecular complexity index is 285. The van der Waals surface area contributed by atoms with Crippen LogP contribution >= 0.6 is 0 Å². The Labute approximate surface area is 103 Å². The molecule has 0 spiro atoms. The van der Waals surface area contributed by atoms with Gasteiger partial charge >= 0.3 is 0 Å². The lowest BCUT2D eigenvalue weighted by Crippen LogP contribution is -2.47. The SMILES string of the molecule is COCCN(C(=O)C1(CN)CC1)C(C)C1CC1. The minimum absolute atomic E-state index is 0.225. The summed E-state index contributed by atoms with van der Waals surface area (Å²) in [6.07, 6.45) is 4.44. The zero-order valence-corrected chi connectivity index (χ0v) is 10.9. The summed E-state index contributed by atoms with van der Waals surface area (Å²) in [7, 11) is 1.68. The first-order valence-corrected chi connectivity index (χ1v) is 6.65. The van der Waals surface area contributed by atoms with Crippen molar-refractivity contribution >= 4 is 5.91 Å². The maximum Gasteiger partial charge on any atom is 0.230 e. The number of methoxy groups -OCH3 is 1. The number of hydrogen-bond acceptors (Lipinski definition) is 3. The van der Waals surface area contributed by atoms with Gasteiger partial charge in [0.25, 0.3) is 0 Å². The molecule has 2 rings (SSSR count). The summed E-state index contributed by atoms with van der Waals surface area (Å²) in [5.74, 6) is 0.959. The monoisotopic (exact) mass is 240 g/mol. The van der Waals surface area contributed by atoms with E-state index in [4.69, 9.17) is 10.5 Å². The second-order valence-electron chi connectivity index (χ2n) is 5.55. The van der Waals surface area contributed by atoms with E-state index in [1.54, 1.807) is 7.11 Å². The summed E-state index contributed by atoms with van der Waals surface area (Å²) in [5, 5.41) is 0. The largest absolute Gasteiger partial charge is 0.383 e. The Morgan fingerprint density at radius 3 is 2.59 bits per heavy atom. The highest BCUT2D eigenvalue weighted by atomic mass is 16.5. The number of rotatable bonds is 7. The topological polar surface area (TPSA) is 55.6 Å². The Kier molecular flexibility index (Phi) is 3.73. The molecule has 2 N–H and O–H groups in total. The van der Waals surface area contributed by atoms with Crippen molar-refractivity contribution in [1.29, 1.82) is 0 Å². The van der Waals surface area contributed by atoms with Crippen LogP contribution in [0.1, 0.15) is 32.6 Å². The molecule has 17 heavy (non-hydrogen) atoms. The van der Waals surface area contributed by atoms with E-state index in [2.05, 4.69) is 6.92 Å². The second kappa shape index (κ2) is 4.94. The molecular weight excluding hydrogens is 216 g/mol. The van der Waals surface area contributed by atoms with Gasteiger partial charge in [-0.3, -0.25) is 4.79 Å². The van der Waals surface area contributed by atoms with Crippen molar-refractivity contribution in [3.63, 3.8) is 0 Å². The average Bonchev–Trinajstić information content (AvgIpc) is 3.19. The van der Waals surface area contributed by atoms with Crippen molar-refractivity contribution in [2.45, 2.75) is 38.6 Å². The zero-order chi connectivity index (χ0) is 12.5. The predicted molar refractivity (Wildman–Crippen MR) is 66.5 cm³/mol. The van der Waals surface area contributed by atoms with Crippen LogP contribution in [0.25, 0.3) is 0 Å². The molecule has 0 aromatic rings. The molecule has 0 aromatic heterocycles. The van der Waals surface area contributed by atoms with Crippen LogP contribution in [0.5, 0.6) is 0 Å². The van der Waals surface area contributed by atoms with Gasteiger partial charge in [0.1, 0.15) is 0 Å². The highest BCUT2D eigenvalue weighted by Gasteiger charge is 2.52. The van der Waals surface area contributed by atoms with E-state index in [0.29, 0.717) is 31.7 Å². The van der Waals surface area contributed by atoms with Crippen LogP contribution in [0.2, 0.25) is 0 Å². The van der Waals surface area contributed by atoms with E-state index >= 15 is 0 Å². The van der Waals surface area contributed by atoms with Crippen molar-refractivity contribution in [3.05, 3.63) is 0 Å². The number of carbonyl (C=O) groups is 1. The lowest BCUT2D eigenvalue weighted by molar-refractivity contribution is -0.140. The predicted octanol–water partition coefficient (Wildman–Crippen LogP) is 0.999. The summed E-state index contributed by atoms with van der Waals surface area (Å²) < 4.78 is 5.11. The standard InChI is InChI=1S/C13H24N2O2/c1-10(11-3-4-11)15(7-8-17-2)12(16)13(9-14)5-6-13/h10-11H,3-9,14H2,1-2H3. The summed E-state index contributed by atoms with van der Waals surface area (Å²) in [6.45, 7) is 3.97. The minimum Gasteiger partial charge on any atom is -0.383 e. The molecule has 2 aliphatic rings. The fourth-order valence-electron chi connectivity index (χ4n) is 2.47. The number of carbonyl (C=O) groups excluding carboxylic acids is 1. The number of nitrogens with two attached hydrogens (primary N) is 1. The number of ether oxygens (including phenoxy) is 1. The molecule has 4 heteroatoms. The van der Waals surface area contributed by atoms with Crippen LogP contribution < -0.4 is 5.73 Å². The molecule has 2 aliphatic carbocycles. The number of amides is 1. The summed E-state index contributed by atoms with van der Waals surface area (Å²) in [5.41, 5.74) is 5.52. The van der Waals surface area contributed by atoms with Gasteiger partial charge < -0.3 is 15.4 Å². The smallest absolute Gasteiger partial charge is 0.230 e. The fourth-order valence-corrected chi connectivity index (χ4v) is 2.47. The average molecular weight is 240 g/mol. The lowest BCUT2D eigenvalue weighted by atomic mass is 10.0. The molecule has 0 aromatic carbocycles. The molecule has 0 radical (unpaired) electrons. The van der Waals surface area contributed by atoms with Gasteiger partial charge in [-0.05, 0) is 38.5 Å². The first-order valence-electron chi connectivity index (χ1n) is 6.65. The maximum absolute atomic E-state index is 12.5. The first kappa shape index (κ1) is 12.8. The van der Waals surface area contributed by atoms with Crippen molar-refractivity contribution in [1.82, 2.24) is 4.90 Å². The van der Waals surface area contributed by atoms with Gasteiger partial charge in [0.2, 0.25) is 5.91 Å². The maximum atomic E-state index is 12.5.